The number of pyridine rings is 1. The highest BCUT2D eigenvalue weighted by Crippen LogP contribution is 2.17. The maximum absolute atomic E-state index is 12.0. The third-order valence-corrected chi connectivity index (χ3v) is 2.35. The first-order valence-electron chi connectivity index (χ1n) is 5.80. The number of aromatic nitrogens is 1. The van der Waals surface area contributed by atoms with Gasteiger partial charge in [0.25, 0.3) is 0 Å². The first kappa shape index (κ1) is 15.1. The highest BCUT2D eigenvalue weighted by Gasteiger charge is 2.45. The molecular weight excluding hydrogens is 248 g/mol. The van der Waals surface area contributed by atoms with Crippen LogP contribution in [0.1, 0.15) is 26.3 Å². The number of rotatable bonds is 4. The molecule has 0 amide bonds. The van der Waals surface area contributed by atoms with Crippen LogP contribution in [-0.2, 0) is 20.7 Å². The van der Waals surface area contributed by atoms with Crippen LogP contribution in [0.25, 0.3) is 0 Å². The maximum Gasteiger partial charge on any atom is 0.338 e. The van der Waals surface area contributed by atoms with E-state index in [9.17, 15) is 14.7 Å². The number of hydrogen-bond acceptors (Lipinski definition) is 5. The average molecular weight is 266 g/mol. The van der Waals surface area contributed by atoms with Crippen LogP contribution in [0.3, 0.4) is 0 Å². The van der Waals surface area contributed by atoms with Crippen molar-refractivity contribution < 1.29 is 19.4 Å². The van der Waals surface area contributed by atoms with Gasteiger partial charge < -0.3 is 15.6 Å². The summed E-state index contributed by atoms with van der Waals surface area (Å²) in [6.07, 6.45) is 2.84. The minimum Gasteiger partial charge on any atom is -0.479 e. The SMILES string of the molecule is CC(C)(C)OC(=O)C(N)(Cc1cccnc1)C(=O)O. The van der Waals surface area contributed by atoms with E-state index >= 15 is 0 Å². The van der Waals surface area contributed by atoms with Crippen molar-refractivity contribution in [1.29, 1.82) is 0 Å². The molecule has 0 spiro atoms. The number of aliphatic carboxylic acids is 1. The zero-order chi connectivity index (χ0) is 14.7. The number of nitrogens with zero attached hydrogens (tertiary/aromatic N) is 1. The summed E-state index contributed by atoms with van der Waals surface area (Å²) in [6.45, 7) is 4.95. The van der Waals surface area contributed by atoms with Crippen LogP contribution in [0.5, 0.6) is 0 Å². The Morgan fingerprint density at radius 1 is 1.42 bits per heavy atom. The number of carbonyl (C=O) groups excluding carboxylic acids is 1. The van der Waals surface area contributed by atoms with E-state index in [1.54, 1.807) is 39.1 Å². The molecule has 1 aromatic rings. The Hall–Kier alpha value is -1.95. The fraction of sp³-hybridized carbons (Fsp3) is 0.462. The predicted octanol–water partition coefficient (Wildman–Crippen LogP) is 0.748. The second kappa shape index (κ2) is 5.36. The smallest absolute Gasteiger partial charge is 0.338 e. The van der Waals surface area contributed by atoms with Crippen LogP contribution in [-0.4, -0.2) is 33.2 Å². The molecule has 3 N–H and O–H groups in total. The molecule has 0 radical (unpaired) electrons. The Morgan fingerprint density at radius 3 is 2.47 bits per heavy atom. The lowest BCUT2D eigenvalue weighted by molar-refractivity contribution is -0.169. The highest BCUT2D eigenvalue weighted by molar-refractivity contribution is 6.04. The van der Waals surface area contributed by atoms with Gasteiger partial charge in [0.15, 0.2) is 0 Å². The second-order valence-electron chi connectivity index (χ2n) is 5.32. The van der Waals surface area contributed by atoms with Gasteiger partial charge in [-0.05, 0) is 32.4 Å². The predicted molar refractivity (Wildman–Crippen MR) is 68.3 cm³/mol. The Bertz CT molecular complexity index is 467. The van der Waals surface area contributed by atoms with E-state index < -0.39 is 23.1 Å². The minimum absolute atomic E-state index is 0.176. The minimum atomic E-state index is -2.11. The first-order valence-corrected chi connectivity index (χ1v) is 5.80. The number of nitrogens with two attached hydrogens (primary N) is 1. The van der Waals surface area contributed by atoms with Crippen LogP contribution in [0.15, 0.2) is 24.5 Å². The summed E-state index contributed by atoms with van der Waals surface area (Å²) in [7, 11) is 0. The highest BCUT2D eigenvalue weighted by atomic mass is 16.6. The van der Waals surface area contributed by atoms with E-state index in [-0.39, 0.29) is 6.42 Å². The molecule has 6 heteroatoms. The van der Waals surface area contributed by atoms with Crippen LogP contribution in [0, 0.1) is 0 Å². The summed E-state index contributed by atoms with van der Waals surface area (Å²) in [4.78, 5) is 27.1. The van der Waals surface area contributed by atoms with E-state index in [1.807, 2.05) is 0 Å². The van der Waals surface area contributed by atoms with Crippen LogP contribution < -0.4 is 5.73 Å². The average Bonchev–Trinajstić information content (AvgIpc) is 2.27. The quantitative estimate of drug-likeness (QED) is 0.615. The van der Waals surface area contributed by atoms with Crippen molar-refractivity contribution in [1.82, 2.24) is 4.98 Å². The maximum atomic E-state index is 12.0. The molecule has 0 fully saturated rings. The molecule has 0 saturated carbocycles. The van der Waals surface area contributed by atoms with Gasteiger partial charge in [-0.25, -0.2) is 9.59 Å². The van der Waals surface area contributed by atoms with Crippen LogP contribution in [0.4, 0.5) is 0 Å². The lowest BCUT2D eigenvalue weighted by atomic mass is 9.92. The van der Waals surface area contributed by atoms with E-state index in [1.165, 1.54) is 6.20 Å². The topological polar surface area (TPSA) is 103 Å². The van der Waals surface area contributed by atoms with Crippen molar-refractivity contribution in [2.24, 2.45) is 5.73 Å². The van der Waals surface area contributed by atoms with Crippen molar-refractivity contribution in [3.63, 3.8) is 0 Å². The standard InChI is InChI=1S/C13H18N2O4/c1-12(2,3)19-11(18)13(14,10(16)17)7-9-5-4-6-15-8-9/h4-6,8H,7,14H2,1-3H3,(H,16,17). The molecule has 0 aliphatic carbocycles. The third-order valence-electron chi connectivity index (χ3n) is 2.35. The zero-order valence-electron chi connectivity index (χ0n) is 11.2. The number of esters is 1. The van der Waals surface area contributed by atoms with E-state index in [0.717, 1.165) is 0 Å². The van der Waals surface area contributed by atoms with E-state index in [4.69, 9.17) is 10.5 Å². The molecule has 0 aliphatic rings. The largest absolute Gasteiger partial charge is 0.479 e. The molecule has 1 aromatic heterocycles. The molecule has 0 aromatic carbocycles. The van der Waals surface area contributed by atoms with Gasteiger partial charge in [-0.3, -0.25) is 4.98 Å². The van der Waals surface area contributed by atoms with Gasteiger partial charge >= 0.3 is 11.9 Å². The molecular formula is C13H18N2O4. The summed E-state index contributed by atoms with van der Waals surface area (Å²) in [5.74, 6) is -2.39. The van der Waals surface area contributed by atoms with E-state index in [2.05, 4.69) is 4.98 Å². The fourth-order valence-corrected chi connectivity index (χ4v) is 1.43. The normalized spacial score (nSPS) is 14.5. The molecule has 6 nitrogen and oxygen atoms in total. The molecule has 19 heavy (non-hydrogen) atoms. The van der Waals surface area contributed by atoms with Gasteiger partial charge in [-0.15, -0.1) is 0 Å². The third kappa shape index (κ3) is 4.03. The Kier molecular flexibility index (Phi) is 4.26. The first-order chi connectivity index (χ1) is 8.65. The monoisotopic (exact) mass is 266 g/mol. The Morgan fingerprint density at radius 2 is 2.05 bits per heavy atom. The number of ether oxygens (including phenoxy) is 1. The van der Waals surface area contributed by atoms with Gasteiger partial charge in [-0.1, -0.05) is 6.07 Å². The van der Waals surface area contributed by atoms with Crippen molar-refractivity contribution >= 4 is 11.9 Å². The molecule has 1 unspecified atom stereocenters. The van der Waals surface area contributed by atoms with Crippen LogP contribution >= 0.6 is 0 Å². The summed E-state index contributed by atoms with van der Waals surface area (Å²) >= 11 is 0. The van der Waals surface area contributed by atoms with Crippen molar-refractivity contribution in [3.8, 4) is 0 Å². The number of carboxylic acids is 1. The van der Waals surface area contributed by atoms with Crippen molar-refractivity contribution in [2.45, 2.75) is 38.3 Å². The second-order valence-corrected chi connectivity index (χ2v) is 5.32. The molecule has 104 valence electrons. The van der Waals surface area contributed by atoms with Gasteiger partial charge in [0.2, 0.25) is 5.54 Å². The molecule has 1 atom stereocenters. The lowest BCUT2D eigenvalue weighted by Crippen LogP contribution is -2.58. The fourth-order valence-electron chi connectivity index (χ4n) is 1.43. The summed E-state index contributed by atoms with van der Waals surface area (Å²) < 4.78 is 5.07. The zero-order valence-corrected chi connectivity index (χ0v) is 11.2. The van der Waals surface area contributed by atoms with Gasteiger partial charge in [0, 0.05) is 18.8 Å². The summed E-state index contributed by atoms with van der Waals surface area (Å²) in [6, 6.07) is 3.30. The molecule has 1 heterocycles. The number of hydrogen-bond donors (Lipinski definition) is 2. The molecule has 1 rings (SSSR count). The number of carboxylic acid groups (broad SMARTS) is 1. The number of carbonyl (C=O) groups is 2. The van der Waals surface area contributed by atoms with Gasteiger partial charge in [0.05, 0.1) is 0 Å². The summed E-state index contributed by atoms with van der Waals surface area (Å²) in [5.41, 5.74) is 3.36. The van der Waals surface area contributed by atoms with Crippen molar-refractivity contribution in [2.75, 3.05) is 0 Å². The Balaban J connectivity index is 2.98. The van der Waals surface area contributed by atoms with Crippen molar-refractivity contribution in [3.05, 3.63) is 30.1 Å². The summed E-state index contributed by atoms with van der Waals surface area (Å²) in [5, 5.41) is 9.21. The van der Waals surface area contributed by atoms with E-state index in [0.29, 0.717) is 5.56 Å². The molecule has 0 bridgehead atoms. The van der Waals surface area contributed by atoms with Crippen LogP contribution in [0.2, 0.25) is 0 Å². The Labute approximate surface area is 111 Å². The molecule has 0 aliphatic heterocycles. The van der Waals surface area contributed by atoms with Gasteiger partial charge in [0.1, 0.15) is 5.60 Å². The van der Waals surface area contributed by atoms with Gasteiger partial charge in [-0.2, -0.15) is 0 Å². The molecule has 0 saturated heterocycles. The lowest BCUT2D eigenvalue weighted by Gasteiger charge is -2.28.